The molecule has 1 aromatic rings. The summed E-state index contributed by atoms with van der Waals surface area (Å²) in [5.74, 6) is 2.84. The number of nitrogens with zero attached hydrogens (tertiary/aromatic N) is 1. The maximum absolute atomic E-state index is 6.53. The Kier molecular flexibility index (Phi) is 3.81. The van der Waals surface area contributed by atoms with E-state index in [-0.39, 0.29) is 5.38 Å². The maximum Gasteiger partial charge on any atom is 0.0621 e. The summed E-state index contributed by atoms with van der Waals surface area (Å²) < 4.78 is 0. The van der Waals surface area contributed by atoms with Crippen molar-refractivity contribution in [3.8, 4) is 0 Å². The van der Waals surface area contributed by atoms with Gasteiger partial charge in [-0.05, 0) is 61.5 Å². The minimum atomic E-state index is 0.217. The highest BCUT2D eigenvalue weighted by molar-refractivity contribution is 6.31. The first-order valence-corrected chi connectivity index (χ1v) is 7.76. The molecule has 0 aromatic carbocycles. The van der Waals surface area contributed by atoms with Gasteiger partial charge in [0.15, 0.2) is 0 Å². The Balaban J connectivity index is 1.56. The van der Waals surface area contributed by atoms with Gasteiger partial charge >= 0.3 is 0 Å². The van der Waals surface area contributed by atoms with Crippen LogP contribution in [0.5, 0.6) is 0 Å². The quantitative estimate of drug-likeness (QED) is 0.729. The third-order valence-corrected chi connectivity index (χ3v) is 5.41. The van der Waals surface area contributed by atoms with Crippen LogP contribution in [0.4, 0.5) is 0 Å². The Hall–Kier alpha value is -0.270. The first-order valence-electron chi connectivity index (χ1n) is 6.95. The minimum absolute atomic E-state index is 0.217. The normalized spacial score (nSPS) is 31.8. The molecule has 0 saturated heterocycles. The second-order valence-corrected chi connectivity index (χ2v) is 6.96. The van der Waals surface area contributed by atoms with Crippen LogP contribution in [-0.2, 0) is 6.42 Å². The molecule has 1 aromatic heterocycles. The van der Waals surface area contributed by atoms with Crippen molar-refractivity contribution in [3.63, 3.8) is 0 Å². The topological polar surface area (TPSA) is 12.9 Å². The van der Waals surface area contributed by atoms with Crippen molar-refractivity contribution in [1.29, 1.82) is 0 Å². The van der Waals surface area contributed by atoms with Gasteiger partial charge in [-0.1, -0.05) is 18.0 Å². The van der Waals surface area contributed by atoms with E-state index in [9.17, 15) is 0 Å². The predicted octanol–water partition coefficient (Wildman–Crippen LogP) is 4.71. The fourth-order valence-electron chi connectivity index (χ4n) is 3.89. The molecule has 0 radical (unpaired) electrons. The molecule has 0 aliphatic heterocycles. The number of halogens is 2. The van der Waals surface area contributed by atoms with E-state index in [0.717, 1.165) is 41.2 Å². The molecule has 0 spiro atoms. The minimum Gasteiger partial charge on any atom is -0.263 e. The number of pyridine rings is 1. The Morgan fingerprint density at radius 2 is 2.22 bits per heavy atom. The van der Waals surface area contributed by atoms with Crippen molar-refractivity contribution in [2.75, 3.05) is 0 Å². The van der Waals surface area contributed by atoms with Crippen molar-refractivity contribution in [2.45, 2.75) is 43.9 Å². The Labute approximate surface area is 119 Å². The fraction of sp³-hybridized carbons (Fsp3) is 0.667. The third-order valence-electron chi connectivity index (χ3n) is 4.74. The summed E-state index contributed by atoms with van der Waals surface area (Å²) in [5, 5.41) is 0.963. The van der Waals surface area contributed by atoms with Crippen LogP contribution in [-0.4, -0.2) is 10.4 Å². The van der Waals surface area contributed by atoms with Crippen LogP contribution in [0, 0.1) is 17.8 Å². The molecule has 0 amide bonds. The van der Waals surface area contributed by atoms with E-state index >= 15 is 0 Å². The largest absolute Gasteiger partial charge is 0.263 e. The van der Waals surface area contributed by atoms with Crippen molar-refractivity contribution in [3.05, 3.63) is 29.0 Å². The van der Waals surface area contributed by atoms with Crippen LogP contribution in [0.25, 0.3) is 0 Å². The zero-order valence-electron chi connectivity index (χ0n) is 10.5. The lowest BCUT2D eigenvalue weighted by Crippen LogP contribution is -2.17. The molecule has 0 N–H and O–H groups in total. The van der Waals surface area contributed by atoms with Crippen LogP contribution in [0.2, 0.25) is 5.02 Å². The van der Waals surface area contributed by atoms with E-state index in [1.807, 2.05) is 6.07 Å². The van der Waals surface area contributed by atoms with Crippen molar-refractivity contribution < 1.29 is 0 Å². The molecule has 1 nitrogen and oxygen atoms in total. The first-order chi connectivity index (χ1) is 8.72. The number of alkyl halides is 1. The highest BCUT2D eigenvalue weighted by Crippen LogP contribution is 2.50. The van der Waals surface area contributed by atoms with Gasteiger partial charge in [0.1, 0.15) is 0 Å². The second kappa shape index (κ2) is 5.38. The Bertz CT molecular complexity index is 421. The first kappa shape index (κ1) is 12.7. The second-order valence-electron chi connectivity index (χ2n) is 5.94. The molecule has 2 bridgehead atoms. The highest BCUT2D eigenvalue weighted by atomic mass is 35.5. The van der Waals surface area contributed by atoms with E-state index in [2.05, 4.69) is 4.98 Å². The van der Waals surface area contributed by atoms with E-state index in [1.165, 1.54) is 25.7 Å². The molecule has 18 heavy (non-hydrogen) atoms. The zero-order valence-corrected chi connectivity index (χ0v) is 12.0. The van der Waals surface area contributed by atoms with Gasteiger partial charge in [-0.25, -0.2) is 0 Å². The summed E-state index contributed by atoms with van der Waals surface area (Å²) in [7, 11) is 0. The van der Waals surface area contributed by atoms with Crippen LogP contribution < -0.4 is 0 Å². The molecule has 1 heterocycles. The number of aromatic nitrogens is 1. The van der Waals surface area contributed by atoms with Crippen molar-refractivity contribution >= 4 is 23.2 Å². The van der Waals surface area contributed by atoms with Gasteiger partial charge < -0.3 is 0 Å². The molecule has 98 valence electrons. The lowest BCUT2D eigenvalue weighted by atomic mass is 9.84. The molecule has 2 aliphatic rings. The molecular weight excluding hydrogens is 265 g/mol. The summed E-state index contributed by atoms with van der Waals surface area (Å²) >= 11 is 12.7. The van der Waals surface area contributed by atoms with Crippen LogP contribution >= 0.6 is 23.2 Å². The van der Waals surface area contributed by atoms with Crippen LogP contribution in [0.15, 0.2) is 18.5 Å². The van der Waals surface area contributed by atoms with Gasteiger partial charge in [0.25, 0.3) is 0 Å². The number of hydrogen-bond donors (Lipinski definition) is 0. The monoisotopic (exact) mass is 283 g/mol. The summed E-state index contributed by atoms with van der Waals surface area (Å²) in [6, 6.07) is 1.98. The zero-order chi connectivity index (χ0) is 12.5. The van der Waals surface area contributed by atoms with Gasteiger partial charge in [-0.3, -0.25) is 4.98 Å². The molecule has 2 fully saturated rings. The molecule has 3 rings (SSSR count). The molecule has 3 heteroatoms. The number of rotatable bonds is 4. The van der Waals surface area contributed by atoms with E-state index in [1.54, 1.807) is 12.4 Å². The number of hydrogen-bond acceptors (Lipinski definition) is 1. The van der Waals surface area contributed by atoms with Crippen LogP contribution in [0.1, 0.15) is 37.7 Å². The van der Waals surface area contributed by atoms with Crippen LogP contribution in [0.3, 0.4) is 0 Å². The molecule has 2 aliphatic carbocycles. The Morgan fingerprint density at radius 1 is 1.33 bits per heavy atom. The third kappa shape index (κ3) is 2.67. The maximum atomic E-state index is 6.53. The summed E-state index contributed by atoms with van der Waals surface area (Å²) in [4.78, 5) is 4.01. The molecule has 4 atom stereocenters. The van der Waals surface area contributed by atoms with Crippen molar-refractivity contribution in [2.24, 2.45) is 17.8 Å². The lowest BCUT2D eigenvalue weighted by Gasteiger charge is -2.24. The SMILES string of the molecule is Clc1cnccc1CC(Cl)CC1CC2CCC1C2. The van der Waals surface area contributed by atoms with Crippen molar-refractivity contribution in [1.82, 2.24) is 4.98 Å². The standard InChI is InChI=1S/C15H19Cl2N/c16-14(7-12-3-4-18-9-15(12)17)8-13-6-10-1-2-11(13)5-10/h3-4,9-11,13-14H,1-2,5-8H2. The molecule has 2 saturated carbocycles. The lowest BCUT2D eigenvalue weighted by molar-refractivity contribution is 0.310. The number of fused-ring (bicyclic) bond motifs is 2. The van der Waals surface area contributed by atoms with Gasteiger partial charge in [0.05, 0.1) is 5.02 Å². The summed E-state index contributed by atoms with van der Waals surface area (Å²) in [5.41, 5.74) is 1.13. The van der Waals surface area contributed by atoms with Gasteiger partial charge in [-0.2, -0.15) is 0 Å². The molecular formula is C15H19Cl2N. The predicted molar refractivity (Wildman–Crippen MR) is 76.1 cm³/mol. The fourth-order valence-corrected chi connectivity index (χ4v) is 4.48. The molecule has 4 unspecified atom stereocenters. The van der Waals surface area contributed by atoms with Gasteiger partial charge in [0, 0.05) is 17.8 Å². The van der Waals surface area contributed by atoms with Gasteiger partial charge in [0.2, 0.25) is 0 Å². The highest BCUT2D eigenvalue weighted by Gasteiger charge is 2.39. The average molecular weight is 284 g/mol. The summed E-state index contributed by atoms with van der Waals surface area (Å²) in [6.07, 6.45) is 11.3. The average Bonchev–Trinajstić information content (AvgIpc) is 2.94. The van der Waals surface area contributed by atoms with E-state index < -0.39 is 0 Å². The Morgan fingerprint density at radius 3 is 2.89 bits per heavy atom. The smallest absolute Gasteiger partial charge is 0.0621 e. The summed E-state index contributed by atoms with van der Waals surface area (Å²) in [6.45, 7) is 0. The van der Waals surface area contributed by atoms with E-state index in [0.29, 0.717) is 0 Å². The van der Waals surface area contributed by atoms with Gasteiger partial charge in [-0.15, -0.1) is 11.6 Å². The van der Waals surface area contributed by atoms with E-state index in [4.69, 9.17) is 23.2 Å².